The van der Waals surface area contributed by atoms with Crippen LogP contribution in [0.4, 0.5) is 0 Å². The first kappa shape index (κ1) is 16.1. The van der Waals surface area contributed by atoms with Crippen LogP contribution in [0.3, 0.4) is 0 Å². The normalized spacial score (nSPS) is 25.4. The highest BCUT2D eigenvalue weighted by molar-refractivity contribution is 6.44. The van der Waals surface area contributed by atoms with Gasteiger partial charge in [-0.25, -0.2) is 0 Å². The average Bonchev–Trinajstić information content (AvgIpc) is 2.50. The van der Waals surface area contributed by atoms with Gasteiger partial charge in [0.1, 0.15) is 0 Å². The molecular weight excluding hydrogens is 284 g/mol. The van der Waals surface area contributed by atoms with Gasteiger partial charge in [-0.3, -0.25) is 19.2 Å². The molecular formula is C16H20N2O4. The van der Waals surface area contributed by atoms with E-state index in [-0.39, 0.29) is 11.6 Å². The van der Waals surface area contributed by atoms with Crippen molar-refractivity contribution in [3.63, 3.8) is 0 Å². The first-order chi connectivity index (χ1) is 10.4. The Balaban J connectivity index is 1.78. The number of hydrogen-bond acceptors (Lipinski definition) is 6. The quantitative estimate of drug-likeness (QED) is 0.543. The van der Waals surface area contributed by atoms with Gasteiger partial charge in [-0.1, -0.05) is 0 Å². The summed E-state index contributed by atoms with van der Waals surface area (Å²) in [5, 5.41) is 0. The minimum absolute atomic E-state index is 0.376. The predicted octanol–water partition coefficient (Wildman–Crippen LogP) is 0.479. The van der Waals surface area contributed by atoms with Gasteiger partial charge in [0.05, 0.1) is 12.1 Å². The Morgan fingerprint density at radius 3 is 1.50 bits per heavy atom. The lowest BCUT2D eigenvalue weighted by molar-refractivity contribution is -0.137. The van der Waals surface area contributed by atoms with Gasteiger partial charge in [0.25, 0.3) is 0 Å². The topological polar surface area (TPSA) is 74.8 Å². The molecule has 0 fully saturated rings. The Bertz CT molecular complexity index is 514. The van der Waals surface area contributed by atoms with E-state index in [9.17, 15) is 19.2 Å². The van der Waals surface area contributed by atoms with E-state index in [2.05, 4.69) is 0 Å². The van der Waals surface area contributed by atoms with Crippen molar-refractivity contribution < 1.29 is 19.2 Å². The summed E-state index contributed by atoms with van der Waals surface area (Å²) in [7, 11) is 0. The van der Waals surface area contributed by atoms with E-state index < -0.39 is 23.7 Å². The molecule has 6 heteroatoms. The van der Waals surface area contributed by atoms with Gasteiger partial charge in [0, 0.05) is 37.6 Å². The Morgan fingerprint density at radius 1 is 0.773 bits per heavy atom. The molecule has 2 heterocycles. The van der Waals surface area contributed by atoms with E-state index in [1.54, 1.807) is 26.2 Å². The second-order valence-corrected chi connectivity index (χ2v) is 5.62. The van der Waals surface area contributed by atoms with E-state index in [1.807, 2.05) is 9.80 Å². The molecule has 0 saturated heterocycles. The van der Waals surface area contributed by atoms with Crippen LogP contribution in [0.25, 0.3) is 0 Å². The molecule has 2 aliphatic rings. The highest BCUT2D eigenvalue weighted by Gasteiger charge is 2.28. The third-order valence-corrected chi connectivity index (χ3v) is 4.16. The van der Waals surface area contributed by atoms with Gasteiger partial charge >= 0.3 is 0 Å². The number of rotatable bonds is 5. The average molecular weight is 304 g/mol. The fourth-order valence-corrected chi connectivity index (χ4v) is 2.59. The van der Waals surface area contributed by atoms with Crippen molar-refractivity contribution in [2.75, 3.05) is 13.1 Å². The summed E-state index contributed by atoms with van der Waals surface area (Å²) in [5.41, 5.74) is 0. The van der Waals surface area contributed by atoms with Crippen LogP contribution in [0, 0.1) is 0 Å². The monoisotopic (exact) mass is 304 g/mol. The van der Waals surface area contributed by atoms with Crippen molar-refractivity contribution >= 4 is 23.1 Å². The molecule has 0 aliphatic carbocycles. The lowest BCUT2D eigenvalue weighted by atomic mass is 10.0. The zero-order valence-corrected chi connectivity index (χ0v) is 12.8. The minimum Gasteiger partial charge on any atom is -0.367 e. The first-order valence-electron chi connectivity index (χ1n) is 7.46. The van der Waals surface area contributed by atoms with Gasteiger partial charge in [0.2, 0.25) is 23.1 Å². The number of hydrogen-bond donors (Lipinski definition) is 0. The van der Waals surface area contributed by atoms with Crippen LogP contribution in [0.15, 0.2) is 24.6 Å². The van der Waals surface area contributed by atoms with Crippen LogP contribution in [-0.2, 0) is 19.2 Å². The summed E-state index contributed by atoms with van der Waals surface area (Å²) < 4.78 is 0. The van der Waals surface area contributed by atoms with Crippen molar-refractivity contribution in [3.8, 4) is 0 Å². The van der Waals surface area contributed by atoms with Crippen molar-refractivity contribution in [1.29, 1.82) is 0 Å². The number of Topliss-reactive ketones (excluding diaryl/α,β-unsaturated/α-hetero) is 2. The highest BCUT2D eigenvalue weighted by atomic mass is 16.2. The van der Waals surface area contributed by atoms with E-state index >= 15 is 0 Å². The molecule has 2 unspecified atom stereocenters. The molecule has 0 saturated carbocycles. The number of allylic oxidation sites excluding steroid dienone is 2. The molecule has 22 heavy (non-hydrogen) atoms. The molecule has 0 bridgehead atoms. The number of carbonyl (C=O) groups is 4. The Labute approximate surface area is 129 Å². The summed E-state index contributed by atoms with van der Waals surface area (Å²) in [6.07, 6.45) is 7.61. The fraction of sp³-hybridized carbons (Fsp3) is 0.500. The summed E-state index contributed by atoms with van der Waals surface area (Å²) in [5.74, 6) is -1.64. The number of nitrogens with zero attached hydrogens (tertiary/aromatic N) is 2. The van der Waals surface area contributed by atoms with Crippen LogP contribution in [0.2, 0.25) is 0 Å². The summed E-state index contributed by atoms with van der Waals surface area (Å²) in [6.45, 7) is 4.80. The summed E-state index contributed by atoms with van der Waals surface area (Å²) in [4.78, 5) is 49.4. The molecule has 0 aromatic rings. The van der Waals surface area contributed by atoms with Crippen LogP contribution >= 0.6 is 0 Å². The Kier molecular flexibility index (Phi) is 4.90. The molecule has 0 aromatic carbocycles. The van der Waals surface area contributed by atoms with Crippen molar-refractivity contribution in [1.82, 2.24) is 9.80 Å². The third kappa shape index (κ3) is 3.32. The Morgan fingerprint density at radius 2 is 1.14 bits per heavy atom. The largest absolute Gasteiger partial charge is 0.367 e. The minimum atomic E-state index is -0.445. The standard InChI is InChI=1S/C16H20N2O4/c1-11-15(21)13(19)5-9-17(11)7-3-4-8-18-10-6-14(20)16(22)12(18)2/h5-6,9-12H,3-4,7-8H2,1-2H3. The van der Waals surface area contributed by atoms with E-state index in [4.69, 9.17) is 0 Å². The van der Waals surface area contributed by atoms with E-state index in [0.717, 1.165) is 12.8 Å². The summed E-state index contributed by atoms with van der Waals surface area (Å²) >= 11 is 0. The lowest BCUT2D eigenvalue weighted by Crippen LogP contribution is -2.43. The molecule has 0 amide bonds. The van der Waals surface area contributed by atoms with E-state index in [0.29, 0.717) is 13.1 Å². The third-order valence-electron chi connectivity index (χ3n) is 4.16. The number of unbranched alkanes of at least 4 members (excludes halogenated alkanes) is 1. The van der Waals surface area contributed by atoms with Crippen molar-refractivity contribution in [2.24, 2.45) is 0 Å². The SMILES string of the molecule is CC1C(=O)C(=O)C=CN1CCCCN1C=CC(=O)C(=O)C1C. The summed E-state index contributed by atoms with van der Waals surface area (Å²) in [6, 6.07) is -0.823. The van der Waals surface area contributed by atoms with Crippen LogP contribution in [0.1, 0.15) is 26.7 Å². The van der Waals surface area contributed by atoms with Crippen LogP contribution < -0.4 is 0 Å². The van der Waals surface area contributed by atoms with Gasteiger partial charge in [0.15, 0.2) is 0 Å². The number of ketones is 4. The van der Waals surface area contributed by atoms with Gasteiger partial charge in [-0.05, 0) is 26.7 Å². The molecule has 2 rings (SSSR count). The highest BCUT2D eigenvalue weighted by Crippen LogP contribution is 2.13. The predicted molar refractivity (Wildman–Crippen MR) is 79.9 cm³/mol. The van der Waals surface area contributed by atoms with Crippen molar-refractivity contribution in [2.45, 2.75) is 38.8 Å². The van der Waals surface area contributed by atoms with Crippen LogP contribution in [0.5, 0.6) is 0 Å². The molecule has 118 valence electrons. The number of carbonyl (C=O) groups excluding carboxylic acids is 4. The smallest absolute Gasteiger partial charge is 0.225 e. The van der Waals surface area contributed by atoms with Gasteiger partial charge < -0.3 is 9.80 Å². The molecule has 2 atom stereocenters. The molecule has 0 radical (unpaired) electrons. The molecule has 2 aliphatic heterocycles. The maximum atomic E-state index is 11.6. The maximum Gasteiger partial charge on any atom is 0.225 e. The zero-order chi connectivity index (χ0) is 16.3. The van der Waals surface area contributed by atoms with Crippen LogP contribution in [-0.4, -0.2) is 58.1 Å². The van der Waals surface area contributed by atoms with Crippen molar-refractivity contribution in [3.05, 3.63) is 24.6 Å². The first-order valence-corrected chi connectivity index (χ1v) is 7.46. The molecule has 6 nitrogen and oxygen atoms in total. The molecule has 0 N–H and O–H groups in total. The lowest BCUT2D eigenvalue weighted by Gasteiger charge is -2.30. The second-order valence-electron chi connectivity index (χ2n) is 5.62. The van der Waals surface area contributed by atoms with E-state index in [1.165, 1.54) is 12.2 Å². The maximum absolute atomic E-state index is 11.6. The molecule has 0 aromatic heterocycles. The van der Waals surface area contributed by atoms with Gasteiger partial charge in [-0.2, -0.15) is 0 Å². The zero-order valence-electron chi connectivity index (χ0n) is 12.8. The molecule has 0 spiro atoms. The van der Waals surface area contributed by atoms with Gasteiger partial charge in [-0.15, -0.1) is 0 Å². The fourth-order valence-electron chi connectivity index (χ4n) is 2.59. The second kappa shape index (κ2) is 6.68. The Hall–Kier alpha value is -2.24.